The highest BCUT2D eigenvalue weighted by Gasteiger charge is 2.34. The van der Waals surface area contributed by atoms with E-state index >= 15 is 0 Å². The summed E-state index contributed by atoms with van der Waals surface area (Å²) in [6.45, 7) is 3.54. The van der Waals surface area contributed by atoms with Crippen molar-refractivity contribution in [3.63, 3.8) is 0 Å². The summed E-state index contributed by atoms with van der Waals surface area (Å²) < 4.78 is 13.9. The van der Waals surface area contributed by atoms with Crippen LogP contribution in [0.2, 0.25) is 0 Å². The molecule has 1 aromatic rings. The molecule has 0 spiro atoms. The molecule has 0 bridgehead atoms. The van der Waals surface area contributed by atoms with Gasteiger partial charge in [0.1, 0.15) is 18.4 Å². The number of carbonyl (C=O) groups excluding carboxylic acids is 2. The second kappa shape index (κ2) is 5.38. The van der Waals surface area contributed by atoms with Crippen molar-refractivity contribution >= 4 is 17.5 Å². The summed E-state index contributed by atoms with van der Waals surface area (Å²) in [5, 5.41) is 2.65. The van der Waals surface area contributed by atoms with Gasteiger partial charge in [-0.1, -0.05) is 25.5 Å². The van der Waals surface area contributed by atoms with E-state index in [-0.39, 0.29) is 24.0 Å². The van der Waals surface area contributed by atoms with E-state index in [4.69, 9.17) is 0 Å². The molecule has 0 aromatic heterocycles. The fraction of sp³-hybridized carbons (Fsp3) is 0.429. The van der Waals surface area contributed by atoms with Crippen molar-refractivity contribution < 1.29 is 14.0 Å². The molecule has 0 saturated carbocycles. The van der Waals surface area contributed by atoms with Crippen LogP contribution in [0.4, 0.5) is 10.1 Å². The fourth-order valence-electron chi connectivity index (χ4n) is 2.35. The van der Waals surface area contributed by atoms with E-state index in [0.717, 1.165) is 6.42 Å². The molecule has 2 amide bonds. The number of hydrogen-bond acceptors (Lipinski definition) is 2. The lowest BCUT2D eigenvalue weighted by Crippen LogP contribution is -2.58. The lowest BCUT2D eigenvalue weighted by Gasteiger charge is -2.33. The number of amides is 2. The molecule has 2 rings (SSSR count). The quantitative estimate of drug-likeness (QED) is 0.904. The lowest BCUT2D eigenvalue weighted by atomic mass is 10.1. The normalized spacial score (nSPS) is 19.5. The van der Waals surface area contributed by atoms with Crippen molar-refractivity contribution in [2.75, 3.05) is 11.4 Å². The Balaban J connectivity index is 2.37. The highest BCUT2D eigenvalue weighted by molar-refractivity contribution is 6.07. The molecule has 1 N–H and O–H groups in total. The molecule has 1 atom stereocenters. The van der Waals surface area contributed by atoms with Gasteiger partial charge < -0.3 is 5.32 Å². The Labute approximate surface area is 111 Å². The molecular formula is C14H17FN2O2. The van der Waals surface area contributed by atoms with Crippen LogP contribution in [0.25, 0.3) is 0 Å². The Morgan fingerprint density at radius 1 is 1.42 bits per heavy atom. The van der Waals surface area contributed by atoms with Crippen LogP contribution in [-0.4, -0.2) is 24.4 Å². The van der Waals surface area contributed by atoms with Crippen LogP contribution in [0, 0.1) is 12.7 Å². The number of anilines is 1. The standard InChI is InChI=1S/C14H17FN2O2/c1-3-5-11-14(19)17(8-12(18)16-11)13-9(2)6-4-7-10(13)15/h4,6-7,11H,3,5,8H2,1-2H3,(H,16,18). The smallest absolute Gasteiger partial charge is 0.250 e. The zero-order chi connectivity index (χ0) is 14.0. The highest BCUT2D eigenvalue weighted by Crippen LogP contribution is 2.26. The van der Waals surface area contributed by atoms with Gasteiger partial charge in [0.25, 0.3) is 0 Å². The second-order valence-electron chi connectivity index (χ2n) is 4.74. The summed E-state index contributed by atoms with van der Waals surface area (Å²) >= 11 is 0. The monoisotopic (exact) mass is 264 g/mol. The molecule has 1 aliphatic rings. The molecule has 4 nitrogen and oxygen atoms in total. The highest BCUT2D eigenvalue weighted by atomic mass is 19.1. The summed E-state index contributed by atoms with van der Waals surface area (Å²) in [5.41, 5.74) is 0.863. The van der Waals surface area contributed by atoms with Crippen LogP contribution in [-0.2, 0) is 9.59 Å². The molecule has 1 heterocycles. The number of para-hydroxylation sites is 1. The first-order chi connectivity index (χ1) is 9.04. The maximum Gasteiger partial charge on any atom is 0.250 e. The van der Waals surface area contributed by atoms with Gasteiger partial charge in [-0.2, -0.15) is 0 Å². The molecule has 0 radical (unpaired) electrons. The summed E-state index contributed by atoms with van der Waals surface area (Å²) in [6.07, 6.45) is 1.34. The minimum absolute atomic E-state index is 0.124. The van der Waals surface area contributed by atoms with Crippen molar-refractivity contribution in [3.8, 4) is 0 Å². The van der Waals surface area contributed by atoms with E-state index in [1.807, 2.05) is 6.92 Å². The predicted molar refractivity (Wildman–Crippen MR) is 70.3 cm³/mol. The first-order valence-corrected chi connectivity index (χ1v) is 6.40. The van der Waals surface area contributed by atoms with E-state index in [9.17, 15) is 14.0 Å². The molecule has 1 aromatic carbocycles. The van der Waals surface area contributed by atoms with E-state index in [0.29, 0.717) is 12.0 Å². The number of rotatable bonds is 3. The van der Waals surface area contributed by atoms with Crippen LogP contribution in [0.1, 0.15) is 25.3 Å². The van der Waals surface area contributed by atoms with Crippen LogP contribution in [0.5, 0.6) is 0 Å². The molecule has 1 aliphatic heterocycles. The van der Waals surface area contributed by atoms with Crippen LogP contribution in [0.15, 0.2) is 18.2 Å². The summed E-state index contributed by atoms with van der Waals surface area (Å²) in [7, 11) is 0. The van der Waals surface area contributed by atoms with Crippen molar-refractivity contribution in [1.82, 2.24) is 5.32 Å². The number of carbonyl (C=O) groups is 2. The molecule has 5 heteroatoms. The van der Waals surface area contributed by atoms with Crippen molar-refractivity contribution in [1.29, 1.82) is 0 Å². The number of hydrogen-bond donors (Lipinski definition) is 1. The molecule has 1 fully saturated rings. The molecule has 1 saturated heterocycles. The third-order valence-electron chi connectivity index (χ3n) is 3.24. The van der Waals surface area contributed by atoms with Gasteiger partial charge in [-0.05, 0) is 25.0 Å². The lowest BCUT2D eigenvalue weighted by molar-refractivity contribution is -0.131. The van der Waals surface area contributed by atoms with Gasteiger partial charge in [0.2, 0.25) is 11.8 Å². The number of halogens is 1. The molecule has 102 valence electrons. The first-order valence-electron chi connectivity index (χ1n) is 6.40. The number of piperazine rings is 1. The number of benzene rings is 1. The van der Waals surface area contributed by atoms with Crippen molar-refractivity contribution in [3.05, 3.63) is 29.6 Å². The Bertz CT molecular complexity index is 496. The van der Waals surface area contributed by atoms with Gasteiger partial charge in [-0.3, -0.25) is 14.5 Å². The maximum absolute atomic E-state index is 13.9. The SMILES string of the molecule is CCCC1NC(=O)CN(c2c(C)cccc2F)C1=O. The van der Waals surface area contributed by atoms with Gasteiger partial charge in [0, 0.05) is 0 Å². The number of nitrogens with zero attached hydrogens (tertiary/aromatic N) is 1. The second-order valence-corrected chi connectivity index (χ2v) is 4.74. The van der Waals surface area contributed by atoms with Gasteiger partial charge in [0.15, 0.2) is 0 Å². The average Bonchev–Trinajstić information content (AvgIpc) is 2.34. The maximum atomic E-state index is 13.9. The van der Waals surface area contributed by atoms with Gasteiger partial charge in [-0.25, -0.2) is 4.39 Å². The molecule has 0 aliphatic carbocycles. The zero-order valence-corrected chi connectivity index (χ0v) is 11.1. The van der Waals surface area contributed by atoms with E-state index in [1.54, 1.807) is 19.1 Å². The molecule has 19 heavy (non-hydrogen) atoms. The van der Waals surface area contributed by atoms with E-state index < -0.39 is 11.9 Å². The Hall–Kier alpha value is -1.91. The Morgan fingerprint density at radius 2 is 2.16 bits per heavy atom. The third-order valence-corrected chi connectivity index (χ3v) is 3.24. The van der Waals surface area contributed by atoms with Crippen LogP contribution in [0.3, 0.4) is 0 Å². The fourth-order valence-corrected chi connectivity index (χ4v) is 2.35. The largest absolute Gasteiger partial charge is 0.343 e. The van der Waals surface area contributed by atoms with E-state index in [1.165, 1.54) is 11.0 Å². The zero-order valence-electron chi connectivity index (χ0n) is 11.1. The minimum atomic E-state index is -0.551. The predicted octanol–water partition coefficient (Wildman–Crippen LogP) is 1.77. The minimum Gasteiger partial charge on any atom is -0.343 e. The Morgan fingerprint density at radius 3 is 2.79 bits per heavy atom. The average molecular weight is 264 g/mol. The molecule has 1 unspecified atom stereocenters. The van der Waals surface area contributed by atoms with E-state index in [2.05, 4.69) is 5.32 Å². The summed E-state index contributed by atoms with van der Waals surface area (Å²) in [6, 6.07) is 4.07. The first kappa shape index (κ1) is 13.5. The summed E-state index contributed by atoms with van der Waals surface area (Å²) in [4.78, 5) is 25.2. The van der Waals surface area contributed by atoms with Crippen LogP contribution >= 0.6 is 0 Å². The van der Waals surface area contributed by atoms with Gasteiger partial charge in [0.05, 0.1) is 5.69 Å². The van der Waals surface area contributed by atoms with Gasteiger partial charge >= 0.3 is 0 Å². The van der Waals surface area contributed by atoms with Crippen molar-refractivity contribution in [2.24, 2.45) is 0 Å². The van der Waals surface area contributed by atoms with Gasteiger partial charge in [-0.15, -0.1) is 0 Å². The van der Waals surface area contributed by atoms with Crippen LogP contribution < -0.4 is 10.2 Å². The number of nitrogens with one attached hydrogen (secondary N) is 1. The summed E-state index contributed by atoms with van der Waals surface area (Å²) in [5.74, 6) is -0.964. The van der Waals surface area contributed by atoms with Crippen molar-refractivity contribution in [2.45, 2.75) is 32.7 Å². The molecular weight excluding hydrogens is 247 g/mol. The Kier molecular flexibility index (Phi) is 3.83. The topological polar surface area (TPSA) is 49.4 Å². The third kappa shape index (κ3) is 2.59. The number of aryl methyl sites for hydroxylation is 1.